The Morgan fingerprint density at radius 1 is 1.50 bits per heavy atom. The first-order chi connectivity index (χ1) is 9.56. The zero-order chi connectivity index (χ0) is 14.6. The smallest absolute Gasteiger partial charge is 0.242 e. The minimum atomic E-state index is -3.54. The molecule has 0 aliphatic heterocycles. The molecule has 0 saturated heterocycles. The van der Waals surface area contributed by atoms with Crippen LogP contribution in [0.4, 0.5) is 0 Å². The maximum Gasteiger partial charge on any atom is 0.242 e. The van der Waals surface area contributed by atoms with Crippen LogP contribution in [0.3, 0.4) is 0 Å². The van der Waals surface area contributed by atoms with Gasteiger partial charge in [-0.2, -0.15) is 0 Å². The van der Waals surface area contributed by atoms with E-state index in [-0.39, 0.29) is 10.9 Å². The zero-order valence-electron chi connectivity index (χ0n) is 11.4. The lowest BCUT2D eigenvalue weighted by Crippen LogP contribution is -2.28. The van der Waals surface area contributed by atoms with Gasteiger partial charge >= 0.3 is 0 Å². The summed E-state index contributed by atoms with van der Waals surface area (Å²) >= 11 is 1.45. The minimum Gasteiger partial charge on any atom is -0.363 e. The van der Waals surface area contributed by atoms with Gasteiger partial charge in [0.05, 0.1) is 10.9 Å². The van der Waals surface area contributed by atoms with E-state index in [2.05, 4.69) is 20.0 Å². The summed E-state index contributed by atoms with van der Waals surface area (Å²) in [6, 6.07) is 1.34. The summed E-state index contributed by atoms with van der Waals surface area (Å²) in [4.78, 5) is 7.37. The fourth-order valence-corrected chi connectivity index (χ4v) is 3.98. The summed E-state index contributed by atoms with van der Waals surface area (Å²) < 4.78 is 27.4. The van der Waals surface area contributed by atoms with Gasteiger partial charge in [-0.1, -0.05) is 6.92 Å². The molecule has 2 heterocycles. The van der Waals surface area contributed by atoms with Gasteiger partial charge in [0.25, 0.3) is 0 Å². The van der Waals surface area contributed by atoms with E-state index < -0.39 is 10.0 Å². The summed E-state index contributed by atoms with van der Waals surface area (Å²) in [5, 5.41) is 5.59. The molecular formula is C12H18N4O2S2. The zero-order valence-corrected chi connectivity index (χ0v) is 13.0. The number of hydrogen-bond acceptors (Lipinski definition) is 5. The number of H-pyrrole nitrogens is 1. The van der Waals surface area contributed by atoms with E-state index in [0.29, 0.717) is 13.0 Å². The van der Waals surface area contributed by atoms with Gasteiger partial charge in [-0.25, -0.2) is 18.1 Å². The van der Waals surface area contributed by atoms with Gasteiger partial charge in [0.15, 0.2) is 0 Å². The Labute approximate surface area is 122 Å². The van der Waals surface area contributed by atoms with Crippen molar-refractivity contribution in [2.24, 2.45) is 0 Å². The van der Waals surface area contributed by atoms with Crippen molar-refractivity contribution in [3.63, 3.8) is 0 Å². The Morgan fingerprint density at radius 2 is 2.30 bits per heavy atom. The van der Waals surface area contributed by atoms with Gasteiger partial charge in [-0.3, -0.25) is 0 Å². The van der Waals surface area contributed by atoms with E-state index >= 15 is 0 Å². The van der Waals surface area contributed by atoms with Gasteiger partial charge < -0.3 is 10.3 Å². The van der Waals surface area contributed by atoms with Crippen LogP contribution in [-0.4, -0.2) is 25.4 Å². The molecule has 0 bridgehead atoms. The Balaban J connectivity index is 2.17. The molecule has 8 heteroatoms. The average molecular weight is 314 g/mol. The van der Waals surface area contributed by atoms with Crippen molar-refractivity contribution < 1.29 is 8.42 Å². The molecule has 2 aromatic rings. The predicted octanol–water partition coefficient (Wildman–Crippen LogP) is 1.62. The van der Waals surface area contributed by atoms with Crippen LogP contribution in [0, 0.1) is 0 Å². The van der Waals surface area contributed by atoms with Crippen LogP contribution >= 0.6 is 11.3 Å². The average Bonchev–Trinajstić information content (AvgIpc) is 3.07. The first kappa shape index (κ1) is 15.2. The second-order valence-electron chi connectivity index (χ2n) is 4.34. The molecule has 1 unspecified atom stereocenters. The number of aromatic nitrogens is 2. The highest BCUT2D eigenvalue weighted by molar-refractivity contribution is 7.89. The van der Waals surface area contributed by atoms with Crippen LogP contribution in [0.15, 0.2) is 28.7 Å². The second kappa shape index (κ2) is 6.49. The van der Waals surface area contributed by atoms with E-state index in [1.165, 1.54) is 17.5 Å². The van der Waals surface area contributed by atoms with Gasteiger partial charge in [0.2, 0.25) is 10.0 Å². The van der Waals surface area contributed by atoms with Gasteiger partial charge in [0, 0.05) is 30.0 Å². The van der Waals surface area contributed by atoms with Crippen molar-refractivity contribution in [2.45, 2.75) is 30.8 Å². The summed E-state index contributed by atoms with van der Waals surface area (Å²) in [5.74, 6) is 0. The predicted molar refractivity (Wildman–Crippen MR) is 79.0 cm³/mol. The SMILES string of the molecule is CCC(NS(=O)(=O)c1c[nH]c(CNC)c1)c1nccs1. The Morgan fingerprint density at radius 3 is 2.90 bits per heavy atom. The van der Waals surface area contributed by atoms with Crippen molar-refractivity contribution in [1.29, 1.82) is 0 Å². The standard InChI is InChI=1S/C12H18N4O2S2/c1-3-11(12-14-4-5-19-12)16-20(17,18)10-6-9(7-13-2)15-8-10/h4-6,8,11,13,15-16H,3,7H2,1-2H3. The summed E-state index contributed by atoms with van der Waals surface area (Å²) in [6.07, 6.45) is 3.84. The molecule has 20 heavy (non-hydrogen) atoms. The number of hydrogen-bond donors (Lipinski definition) is 3. The summed E-state index contributed by atoms with van der Waals surface area (Å²) in [5.41, 5.74) is 0.829. The van der Waals surface area contributed by atoms with E-state index in [1.54, 1.807) is 12.3 Å². The number of nitrogens with zero attached hydrogens (tertiary/aromatic N) is 1. The molecule has 110 valence electrons. The quantitative estimate of drug-likeness (QED) is 0.725. The highest BCUT2D eigenvalue weighted by Crippen LogP contribution is 2.22. The van der Waals surface area contributed by atoms with Gasteiger partial charge in [0.1, 0.15) is 5.01 Å². The fourth-order valence-electron chi connectivity index (χ4n) is 1.84. The van der Waals surface area contributed by atoms with Gasteiger partial charge in [-0.05, 0) is 19.5 Å². The lowest BCUT2D eigenvalue weighted by Gasteiger charge is -2.13. The maximum atomic E-state index is 12.3. The highest BCUT2D eigenvalue weighted by atomic mass is 32.2. The van der Waals surface area contributed by atoms with Crippen LogP contribution in [0.1, 0.15) is 30.1 Å². The first-order valence-corrected chi connectivity index (χ1v) is 8.66. The minimum absolute atomic E-state index is 0.248. The summed E-state index contributed by atoms with van der Waals surface area (Å²) in [7, 11) is -1.73. The van der Waals surface area contributed by atoms with Crippen LogP contribution in [-0.2, 0) is 16.6 Å². The Kier molecular flexibility index (Phi) is 4.92. The number of aromatic amines is 1. The largest absolute Gasteiger partial charge is 0.363 e. The number of sulfonamides is 1. The molecule has 2 aromatic heterocycles. The van der Waals surface area contributed by atoms with Crippen molar-refractivity contribution in [1.82, 2.24) is 20.0 Å². The molecule has 0 aliphatic carbocycles. The Hall–Kier alpha value is -1.22. The molecule has 3 N–H and O–H groups in total. The normalized spacial score (nSPS) is 13.5. The van der Waals surface area contributed by atoms with Crippen molar-refractivity contribution >= 4 is 21.4 Å². The third kappa shape index (κ3) is 3.45. The monoisotopic (exact) mass is 314 g/mol. The number of thiazole rings is 1. The molecule has 0 fully saturated rings. The topological polar surface area (TPSA) is 86.9 Å². The fraction of sp³-hybridized carbons (Fsp3) is 0.417. The molecule has 0 aromatic carbocycles. The molecule has 0 amide bonds. The van der Waals surface area contributed by atoms with Crippen molar-refractivity contribution in [3.8, 4) is 0 Å². The molecule has 0 spiro atoms. The van der Waals surface area contributed by atoms with Crippen LogP contribution in [0.25, 0.3) is 0 Å². The lowest BCUT2D eigenvalue weighted by atomic mass is 10.3. The highest BCUT2D eigenvalue weighted by Gasteiger charge is 2.22. The third-order valence-electron chi connectivity index (χ3n) is 2.85. The molecule has 0 radical (unpaired) electrons. The van der Waals surface area contributed by atoms with Crippen LogP contribution < -0.4 is 10.0 Å². The van der Waals surface area contributed by atoms with Gasteiger partial charge in [-0.15, -0.1) is 11.3 Å². The molecule has 0 aliphatic rings. The van der Waals surface area contributed by atoms with Crippen LogP contribution in [0.2, 0.25) is 0 Å². The maximum absolute atomic E-state index is 12.3. The van der Waals surface area contributed by atoms with Crippen molar-refractivity contribution in [3.05, 3.63) is 34.5 Å². The molecular weight excluding hydrogens is 296 g/mol. The molecule has 2 rings (SSSR count). The lowest BCUT2D eigenvalue weighted by molar-refractivity contribution is 0.549. The van der Waals surface area contributed by atoms with E-state index in [1.807, 2.05) is 19.4 Å². The molecule has 0 saturated carbocycles. The van der Waals surface area contributed by atoms with E-state index in [4.69, 9.17) is 0 Å². The first-order valence-electron chi connectivity index (χ1n) is 6.30. The number of nitrogens with one attached hydrogen (secondary N) is 3. The second-order valence-corrected chi connectivity index (χ2v) is 6.98. The molecule has 6 nitrogen and oxygen atoms in total. The van der Waals surface area contributed by atoms with Crippen molar-refractivity contribution in [2.75, 3.05) is 7.05 Å². The number of rotatable bonds is 7. The summed E-state index contributed by atoms with van der Waals surface area (Å²) in [6.45, 7) is 2.53. The molecule has 1 atom stereocenters. The van der Waals surface area contributed by atoms with Crippen LogP contribution in [0.5, 0.6) is 0 Å². The van der Waals surface area contributed by atoms with E-state index in [0.717, 1.165) is 10.7 Å². The van der Waals surface area contributed by atoms with E-state index in [9.17, 15) is 8.42 Å². The Bertz CT molecular complexity index is 634. The third-order valence-corrected chi connectivity index (χ3v) is 5.19.